The van der Waals surface area contributed by atoms with Crippen LogP contribution >= 0.6 is 0 Å². The Morgan fingerprint density at radius 2 is 1.56 bits per heavy atom. The number of primary amides is 1. The molecular weight excluding hydrogens is 556 g/mol. The maximum absolute atomic E-state index is 13.5. The van der Waals surface area contributed by atoms with Gasteiger partial charge in [0.1, 0.15) is 18.7 Å². The molecule has 1 fully saturated rings. The highest BCUT2D eigenvalue weighted by Crippen LogP contribution is 2.21. The van der Waals surface area contributed by atoms with Crippen molar-refractivity contribution < 1.29 is 38.6 Å². The van der Waals surface area contributed by atoms with E-state index in [1.165, 1.54) is 4.90 Å². The van der Waals surface area contributed by atoms with Crippen LogP contribution in [-0.2, 0) is 46.7 Å². The van der Waals surface area contributed by atoms with Gasteiger partial charge < -0.3 is 35.8 Å². The van der Waals surface area contributed by atoms with E-state index in [0.29, 0.717) is 24.0 Å². The fraction of sp³-hybridized carbons (Fsp3) is 0.452. The number of rotatable bonds is 13. The topological polar surface area (TPSA) is 177 Å². The number of nitrogens with two attached hydrogens (primary N) is 1. The molecule has 5 N–H and O–H groups in total. The molecule has 43 heavy (non-hydrogen) atoms. The smallest absolute Gasteiger partial charge is 0.329 e. The molecule has 12 heteroatoms. The Labute approximate surface area is 250 Å². The number of aliphatic hydroxyl groups excluding tert-OH is 1. The lowest BCUT2D eigenvalue weighted by atomic mass is 10.1. The van der Waals surface area contributed by atoms with Gasteiger partial charge >= 0.3 is 5.97 Å². The lowest BCUT2D eigenvalue weighted by Gasteiger charge is -2.31. The third-order valence-corrected chi connectivity index (χ3v) is 6.64. The van der Waals surface area contributed by atoms with E-state index in [1.807, 2.05) is 20.8 Å². The van der Waals surface area contributed by atoms with Crippen molar-refractivity contribution in [2.75, 3.05) is 6.54 Å². The minimum absolute atomic E-state index is 0.118. The highest BCUT2D eigenvalue weighted by atomic mass is 16.5. The first-order valence-electron chi connectivity index (χ1n) is 14.1. The van der Waals surface area contributed by atoms with Crippen LogP contribution in [0.15, 0.2) is 60.7 Å². The summed E-state index contributed by atoms with van der Waals surface area (Å²) in [4.78, 5) is 65.8. The van der Waals surface area contributed by atoms with Gasteiger partial charge in [0.05, 0.1) is 13.0 Å². The molecule has 0 radical (unpaired) electrons. The van der Waals surface area contributed by atoms with Crippen LogP contribution in [0, 0.1) is 0 Å². The van der Waals surface area contributed by atoms with E-state index in [2.05, 4.69) is 10.6 Å². The van der Waals surface area contributed by atoms with Gasteiger partial charge in [-0.15, -0.1) is 0 Å². The number of carbonyl (C=O) groups excluding carboxylic acids is 5. The van der Waals surface area contributed by atoms with Crippen LogP contribution in [0.5, 0.6) is 0 Å². The molecule has 0 bridgehead atoms. The van der Waals surface area contributed by atoms with Crippen molar-refractivity contribution >= 4 is 29.6 Å². The number of nitrogens with one attached hydrogen (secondary N) is 2. The summed E-state index contributed by atoms with van der Waals surface area (Å²) in [7, 11) is 0. The molecule has 0 spiro atoms. The lowest BCUT2D eigenvalue weighted by Crippen LogP contribution is -2.58. The molecule has 1 saturated heterocycles. The Kier molecular flexibility index (Phi) is 11.8. The Hall–Kier alpha value is -4.29. The maximum atomic E-state index is 13.5. The molecule has 0 aromatic heterocycles. The van der Waals surface area contributed by atoms with Crippen molar-refractivity contribution in [3.05, 3.63) is 71.8 Å². The molecular formula is C31H40N4O8. The number of amides is 4. The zero-order valence-electron chi connectivity index (χ0n) is 24.7. The van der Waals surface area contributed by atoms with E-state index in [0.717, 1.165) is 0 Å². The summed E-state index contributed by atoms with van der Waals surface area (Å²) in [5.41, 5.74) is 6.12. The number of likely N-dealkylation sites (tertiary alicyclic amines) is 1. The van der Waals surface area contributed by atoms with Crippen molar-refractivity contribution in [3.8, 4) is 0 Å². The molecule has 2 aromatic carbocycles. The van der Waals surface area contributed by atoms with E-state index >= 15 is 0 Å². The minimum atomic E-state index is -2.03. The second kappa shape index (κ2) is 15.3. The second-order valence-electron chi connectivity index (χ2n) is 11.4. The molecule has 4 atom stereocenters. The van der Waals surface area contributed by atoms with E-state index in [1.54, 1.807) is 60.7 Å². The monoisotopic (exact) mass is 596 g/mol. The first kappa shape index (κ1) is 33.2. The lowest BCUT2D eigenvalue weighted by molar-refractivity contribution is -0.162. The number of ether oxygens (including phenoxy) is 2. The number of hydrogen-bond donors (Lipinski definition) is 4. The third-order valence-electron chi connectivity index (χ3n) is 6.64. The Morgan fingerprint density at radius 3 is 2.12 bits per heavy atom. The molecule has 4 amide bonds. The molecule has 0 saturated carbocycles. The number of aliphatic hydroxyl groups is 1. The van der Waals surface area contributed by atoms with Crippen LogP contribution in [0.25, 0.3) is 0 Å². The zero-order chi connectivity index (χ0) is 31.6. The number of carbonyl (C=O) groups is 5. The molecule has 12 nitrogen and oxygen atoms in total. The molecule has 1 aliphatic rings. The van der Waals surface area contributed by atoms with Gasteiger partial charge in [-0.1, -0.05) is 60.7 Å². The predicted molar refractivity (Wildman–Crippen MR) is 156 cm³/mol. The van der Waals surface area contributed by atoms with Crippen LogP contribution in [0.4, 0.5) is 0 Å². The molecule has 2 aromatic rings. The van der Waals surface area contributed by atoms with Gasteiger partial charge in [0, 0.05) is 12.1 Å². The second-order valence-corrected chi connectivity index (χ2v) is 11.4. The fourth-order valence-electron chi connectivity index (χ4n) is 4.60. The first-order valence-corrected chi connectivity index (χ1v) is 14.1. The molecule has 3 rings (SSSR count). The summed E-state index contributed by atoms with van der Waals surface area (Å²) in [6.45, 7) is 5.36. The highest BCUT2D eigenvalue weighted by molar-refractivity contribution is 5.96. The van der Waals surface area contributed by atoms with Gasteiger partial charge in [-0.25, -0.2) is 4.79 Å². The molecule has 0 unspecified atom stereocenters. The fourth-order valence-corrected chi connectivity index (χ4v) is 4.60. The highest BCUT2D eigenvalue weighted by Gasteiger charge is 2.43. The average molecular weight is 597 g/mol. The van der Waals surface area contributed by atoms with Crippen molar-refractivity contribution in [3.63, 3.8) is 0 Å². The predicted octanol–water partition coefficient (Wildman–Crippen LogP) is 0.942. The van der Waals surface area contributed by atoms with Gasteiger partial charge in [-0.2, -0.15) is 0 Å². The maximum Gasteiger partial charge on any atom is 0.329 e. The molecule has 1 heterocycles. The Morgan fingerprint density at radius 1 is 0.977 bits per heavy atom. The summed E-state index contributed by atoms with van der Waals surface area (Å²) in [5, 5.41) is 16.4. The number of hydrogen-bond acceptors (Lipinski definition) is 8. The van der Waals surface area contributed by atoms with Gasteiger partial charge in [0.25, 0.3) is 11.8 Å². The van der Waals surface area contributed by atoms with Crippen LogP contribution in [0.3, 0.4) is 0 Å². The van der Waals surface area contributed by atoms with Crippen LogP contribution in [0.2, 0.25) is 0 Å². The summed E-state index contributed by atoms with van der Waals surface area (Å²) < 4.78 is 11.0. The minimum Gasteiger partial charge on any atom is -0.459 e. The van der Waals surface area contributed by atoms with Crippen molar-refractivity contribution in [2.24, 2.45) is 5.73 Å². The quantitative estimate of drug-likeness (QED) is 0.247. The first-order chi connectivity index (χ1) is 20.4. The van der Waals surface area contributed by atoms with Crippen LogP contribution in [-0.4, -0.2) is 76.0 Å². The third kappa shape index (κ3) is 10.2. The van der Waals surface area contributed by atoms with Crippen molar-refractivity contribution in [1.82, 2.24) is 15.5 Å². The number of nitrogens with zero attached hydrogens (tertiary/aromatic N) is 1. The van der Waals surface area contributed by atoms with Gasteiger partial charge in [-0.3, -0.25) is 19.2 Å². The van der Waals surface area contributed by atoms with E-state index in [4.69, 9.17) is 15.2 Å². The summed E-state index contributed by atoms with van der Waals surface area (Å²) in [5.74, 6) is -4.10. The Bertz CT molecular complexity index is 1270. The SMILES string of the molecule is CC(C)(C)NC(=O)[C@@H]1CCCN1C(=O)[C@@H](O)[C@H](OCc1ccccc1)C(=O)N[C@H](CC(N)=O)C(=O)OCc1ccccc1. The van der Waals surface area contributed by atoms with Crippen molar-refractivity contribution in [2.45, 2.75) is 83.1 Å². The zero-order valence-corrected chi connectivity index (χ0v) is 24.7. The molecule has 1 aliphatic heterocycles. The average Bonchev–Trinajstić information content (AvgIpc) is 3.45. The Balaban J connectivity index is 1.79. The van der Waals surface area contributed by atoms with Crippen LogP contribution in [0.1, 0.15) is 51.2 Å². The van der Waals surface area contributed by atoms with Gasteiger partial charge in [0.2, 0.25) is 11.8 Å². The van der Waals surface area contributed by atoms with Crippen LogP contribution < -0.4 is 16.4 Å². The molecule has 232 valence electrons. The number of benzene rings is 2. The van der Waals surface area contributed by atoms with E-state index in [-0.39, 0.29) is 25.7 Å². The van der Waals surface area contributed by atoms with Crippen molar-refractivity contribution in [1.29, 1.82) is 0 Å². The standard InChI is InChI=1S/C31H40N4O8/c1-31(2,3)34-27(38)23-15-10-16-35(23)29(40)25(37)26(42-18-20-11-6-4-7-12-20)28(39)33-22(17-24(32)36)30(41)43-19-21-13-8-5-9-14-21/h4-9,11-14,22-23,25-26,37H,10,15-19H2,1-3H3,(H2,32,36)(H,33,39)(H,34,38)/t22-,23+,25+,26+/m1/s1. The molecule has 0 aliphatic carbocycles. The normalized spacial score (nSPS) is 16.9. The summed E-state index contributed by atoms with van der Waals surface area (Å²) >= 11 is 0. The number of esters is 1. The summed E-state index contributed by atoms with van der Waals surface area (Å²) in [6.07, 6.45) is -3.50. The van der Waals surface area contributed by atoms with Gasteiger partial charge in [-0.05, 0) is 44.7 Å². The summed E-state index contributed by atoms with van der Waals surface area (Å²) in [6, 6.07) is 15.2. The van der Waals surface area contributed by atoms with E-state index in [9.17, 15) is 29.1 Å². The largest absolute Gasteiger partial charge is 0.459 e. The van der Waals surface area contributed by atoms with Gasteiger partial charge in [0.15, 0.2) is 12.2 Å². The van der Waals surface area contributed by atoms with E-state index < -0.39 is 59.9 Å².